The zero-order chi connectivity index (χ0) is 10.2. The van der Waals surface area contributed by atoms with Gasteiger partial charge in [0.15, 0.2) is 0 Å². The van der Waals surface area contributed by atoms with Gasteiger partial charge in [-0.2, -0.15) is 0 Å². The average Bonchev–Trinajstić information content (AvgIpc) is 2.18. The molecule has 3 nitrogen and oxygen atoms in total. The van der Waals surface area contributed by atoms with Crippen LogP contribution in [0.15, 0.2) is 24.4 Å². The maximum absolute atomic E-state index is 5.41. The van der Waals surface area contributed by atoms with Crippen LogP contribution in [-0.2, 0) is 0 Å². The van der Waals surface area contributed by atoms with Crippen LogP contribution < -0.4 is 10.1 Å². The van der Waals surface area contributed by atoms with Crippen LogP contribution in [0.5, 0.6) is 5.88 Å². The minimum atomic E-state index is 0.670. The summed E-state index contributed by atoms with van der Waals surface area (Å²) in [6.45, 7) is 6.95. The second-order valence-electron chi connectivity index (χ2n) is 3.61. The Morgan fingerprint density at radius 2 is 2.29 bits per heavy atom. The van der Waals surface area contributed by atoms with Crippen LogP contribution in [0, 0.1) is 5.92 Å². The SMILES string of the molecule is CC(C)CNCCOc1ccccn1. The largest absolute Gasteiger partial charge is 0.476 e. The lowest BCUT2D eigenvalue weighted by atomic mass is 10.2. The van der Waals surface area contributed by atoms with Crippen molar-refractivity contribution in [3.63, 3.8) is 0 Å². The van der Waals surface area contributed by atoms with Gasteiger partial charge in [0.25, 0.3) is 0 Å². The fourth-order valence-corrected chi connectivity index (χ4v) is 1.05. The summed E-state index contributed by atoms with van der Waals surface area (Å²) in [7, 11) is 0. The lowest BCUT2D eigenvalue weighted by Crippen LogP contribution is -2.25. The molecule has 78 valence electrons. The van der Waals surface area contributed by atoms with Gasteiger partial charge >= 0.3 is 0 Å². The van der Waals surface area contributed by atoms with Crippen LogP contribution in [0.25, 0.3) is 0 Å². The molecule has 3 heteroatoms. The number of aromatic nitrogens is 1. The van der Waals surface area contributed by atoms with Gasteiger partial charge in [-0.05, 0) is 18.5 Å². The molecule has 0 aliphatic heterocycles. The Bertz CT molecular complexity index is 236. The van der Waals surface area contributed by atoms with E-state index in [1.807, 2.05) is 18.2 Å². The zero-order valence-electron chi connectivity index (χ0n) is 8.86. The number of ether oxygens (including phenoxy) is 1. The van der Waals surface area contributed by atoms with Crippen LogP contribution in [-0.4, -0.2) is 24.7 Å². The van der Waals surface area contributed by atoms with Crippen molar-refractivity contribution in [1.29, 1.82) is 0 Å². The fraction of sp³-hybridized carbons (Fsp3) is 0.545. The van der Waals surface area contributed by atoms with Gasteiger partial charge in [0.05, 0.1) is 0 Å². The van der Waals surface area contributed by atoms with Gasteiger partial charge in [-0.15, -0.1) is 0 Å². The number of pyridine rings is 1. The topological polar surface area (TPSA) is 34.1 Å². The van der Waals surface area contributed by atoms with Gasteiger partial charge < -0.3 is 10.1 Å². The van der Waals surface area contributed by atoms with E-state index in [1.165, 1.54) is 0 Å². The molecule has 0 aromatic carbocycles. The highest BCUT2D eigenvalue weighted by Gasteiger charge is 1.94. The highest BCUT2D eigenvalue weighted by atomic mass is 16.5. The minimum Gasteiger partial charge on any atom is -0.476 e. The molecular weight excluding hydrogens is 176 g/mol. The summed E-state index contributed by atoms with van der Waals surface area (Å²) in [4.78, 5) is 4.06. The van der Waals surface area contributed by atoms with Gasteiger partial charge in [-0.1, -0.05) is 19.9 Å². The summed E-state index contributed by atoms with van der Waals surface area (Å²) in [6, 6.07) is 5.66. The molecule has 1 N–H and O–H groups in total. The molecule has 0 aliphatic rings. The first-order valence-electron chi connectivity index (χ1n) is 5.03. The standard InChI is InChI=1S/C11H18N2O/c1-10(2)9-12-7-8-14-11-5-3-4-6-13-11/h3-6,10,12H,7-9H2,1-2H3. The molecule has 0 saturated heterocycles. The van der Waals surface area contributed by atoms with Crippen molar-refractivity contribution in [3.8, 4) is 5.88 Å². The maximum Gasteiger partial charge on any atom is 0.213 e. The molecule has 0 amide bonds. The van der Waals surface area contributed by atoms with E-state index < -0.39 is 0 Å². The summed E-state index contributed by atoms with van der Waals surface area (Å²) >= 11 is 0. The van der Waals surface area contributed by atoms with E-state index in [2.05, 4.69) is 24.1 Å². The van der Waals surface area contributed by atoms with Crippen molar-refractivity contribution < 1.29 is 4.74 Å². The van der Waals surface area contributed by atoms with Crippen molar-refractivity contribution >= 4 is 0 Å². The van der Waals surface area contributed by atoms with Crippen LogP contribution in [0.1, 0.15) is 13.8 Å². The summed E-state index contributed by atoms with van der Waals surface area (Å²) in [5.74, 6) is 1.38. The normalized spacial score (nSPS) is 10.5. The van der Waals surface area contributed by atoms with Gasteiger partial charge in [0.2, 0.25) is 5.88 Å². The molecule has 0 fully saturated rings. The van der Waals surface area contributed by atoms with Crippen molar-refractivity contribution in [2.24, 2.45) is 5.92 Å². The molecule has 1 aromatic heterocycles. The summed E-state index contributed by atoms with van der Waals surface area (Å²) in [6.07, 6.45) is 1.73. The first kappa shape index (κ1) is 11.0. The van der Waals surface area contributed by atoms with Crippen molar-refractivity contribution in [1.82, 2.24) is 10.3 Å². The Morgan fingerprint density at radius 1 is 1.43 bits per heavy atom. The van der Waals surface area contributed by atoms with Crippen LogP contribution in [0.2, 0.25) is 0 Å². The quantitative estimate of drug-likeness (QED) is 0.700. The molecule has 0 radical (unpaired) electrons. The number of hydrogen-bond acceptors (Lipinski definition) is 3. The third-order valence-corrected chi connectivity index (χ3v) is 1.72. The Hall–Kier alpha value is -1.09. The van der Waals surface area contributed by atoms with Gasteiger partial charge in [0, 0.05) is 18.8 Å². The van der Waals surface area contributed by atoms with Gasteiger partial charge in [-0.3, -0.25) is 0 Å². The highest BCUT2D eigenvalue weighted by molar-refractivity contribution is 5.08. The molecular formula is C11H18N2O. The molecule has 0 aliphatic carbocycles. The van der Waals surface area contributed by atoms with Crippen molar-refractivity contribution in [3.05, 3.63) is 24.4 Å². The molecule has 0 unspecified atom stereocenters. The Labute approximate surface area is 85.5 Å². The van der Waals surface area contributed by atoms with Crippen LogP contribution >= 0.6 is 0 Å². The number of nitrogens with one attached hydrogen (secondary N) is 1. The molecule has 1 heterocycles. The van der Waals surface area contributed by atoms with Crippen LogP contribution in [0.4, 0.5) is 0 Å². The van der Waals surface area contributed by atoms with Gasteiger partial charge in [-0.25, -0.2) is 4.98 Å². The molecule has 1 aromatic rings. The molecule has 0 saturated carbocycles. The third kappa shape index (κ3) is 4.82. The molecule has 1 rings (SSSR count). The fourth-order valence-electron chi connectivity index (χ4n) is 1.05. The first-order chi connectivity index (χ1) is 6.79. The summed E-state index contributed by atoms with van der Waals surface area (Å²) in [5.41, 5.74) is 0. The Balaban J connectivity index is 2.05. The molecule has 0 spiro atoms. The zero-order valence-corrected chi connectivity index (χ0v) is 8.86. The number of nitrogens with zero attached hydrogens (tertiary/aromatic N) is 1. The third-order valence-electron chi connectivity index (χ3n) is 1.72. The number of rotatable bonds is 6. The molecule has 0 atom stereocenters. The molecule has 0 bridgehead atoms. The van der Waals surface area contributed by atoms with E-state index in [-0.39, 0.29) is 0 Å². The van der Waals surface area contributed by atoms with E-state index in [0.717, 1.165) is 13.1 Å². The first-order valence-corrected chi connectivity index (χ1v) is 5.03. The number of hydrogen-bond donors (Lipinski definition) is 1. The maximum atomic E-state index is 5.41. The highest BCUT2D eigenvalue weighted by Crippen LogP contribution is 2.01. The second kappa shape index (κ2) is 6.38. The van der Waals surface area contributed by atoms with Crippen molar-refractivity contribution in [2.45, 2.75) is 13.8 Å². The molecule has 14 heavy (non-hydrogen) atoms. The minimum absolute atomic E-state index is 0.670. The average molecular weight is 194 g/mol. The lowest BCUT2D eigenvalue weighted by Gasteiger charge is -2.08. The van der Waals surface area contributed by atoms with E-state index >= 15 is 0 Å². The summed E-state index contributed by atoms with van der Waals surface area (Å²) < 4.78 is 5.41. The predicted octanol–water partition coefficient (Wildman–Crippen LogP) is 1.71. The van der Waals surface area contributed by atoms with Gasteiger partial charge in [0.1, 0.15) is 6.61 Å². The lowest BCUT2D eigenvalue weighted by molar-refractivity contribution is 0.300. The van der Waals surface area contributed by atoms with Crippen molar-refractivity contribution in [2.75, 3.05) is 19.7 Å². The smallest absolute Gasteiger partial charge is 0.213 e. The Morgan fingerprint density at radius 3 is 2.93 bits per heavy atom. The van der Waals surface area contributed by atoms with E-state index in [0.29, 0.717) is 18.4 Å². The van der Waals surface area contributed by atoms with Crippen LogP contribution in [0.3, 0.4) is 0 Å². The summed E-state index contributed by atoms with van der Waals surface area (Å²) in [5, 5.41) is 3.30. The van der Waals surface area contributed by atoms with E-state index in [9.17, 15) is 0 Å². The Kier molecular flexibility index (Phi) is 5.00. The second-order valence-corrected chi connectivity index (χ2v) is 3.61. The van der Waals surface area contributed by atoms with E-state index in [1.54, 1.807) is 6.20 Å². The monoisotopic (exact) mass is 194 g/mol. The van der Waals surface area contributed by atoms with E-state index in [4.69, 9.17) is 4.74 Å². The predicted molar refractivity (Wildman–Crippen MR) is 57.4 cm³/mol.